The first-order valence-electron chi connectivity index (χ1n) is 8.24. The zero-order valence-electron chi connectivity index (χ0n) is 13.5. The van der Waals surface area contributed by atoms with E-state index in [9.17, 15) is 9.59 Å². The summed E-state index contributed by atoms with van der Waals surface area (Å²) in [6.45, 7) is 5.86. The number of hydrogen-bond acceptors (Lipinski definition) is 4. The average Bonchev–Trinajstić information content (AvgIpc) is 2.52. The van der Waals surface area contributed by atoms with Crippen LogP contribution in [0.1, 0.15) is 39.5 Å². The lowest BCUT2D eigenvalue weighted by atomic mass is 9.87. The maximum Gasteiger partial charge on any atom is 0.306 e. The Morgan fingerprint density at radius 2 is 2.14 bits per heavy atom. The van der Waals surface area contributed by atoms with Crippen molar-refractivity contribution in [3.63, 3.8) is 0 Å². The first-order chi connectivity index (χ1) is 10.5. The van der Waals surface area contributed by atoms with Gasteiger partial charge in [-0.05, 0) is 38.5 Å². The van der Waals surface area contributed by atoms with Crippen molar-refractivity contribution in [2.75, 3.05) is 26.3 Å². The topological polar surface area (TPSA) is 76.1 Å². The SMILES string of the molecule is CC(OCC1CCCCO1)C(=O)N1CCC(C(=O)O)C(C)C1. The molecule has 0 aromatic rings. The maximum atomic E-state index is 12.4. The van der Waals surface area contributed by atoms with Crippen LogP contribution in [0.4, 0.5) is 0 Å². The fraction of sp³-hybridized carbons (Fsp3) is 0.875. The number of ether oxygens (including phenoxy) is 2. The van der Waals surface area contributed by atoms with Crippen LogP contribution in [-0.4, -0.2) is 60.4 Å². The van der Waals surface area contributed by atoms with Crippen LogP contribution in [0.25, 0.3) is 0 Å². The molecule has 0 spiro atoms. The molecule has 0 radical (unpaired) electrons. The normalized spacial score (nSPS) is 30.8. The Morgan fingerprint density at radius 1 is 1.36 bits per heavy atom. The number of carboxylic acids is 1. The summed E-state index contributed by atoms with van der Waals surface area (Å²) in [5.74, 6) is -1.19. The average molecular weight is 313 g/mol. The van der Waals surface area contributed by atoms with Gasteiger partial charge in [0.15, 0.2) is 0 Å². The van der Waals surface area contributed by atoms with Gasteiger partial charge in [0.25, 0.3) is 5.91 Å². The number of carboxylic acid groups (broad SMARTS) is 1. The van der Waals surface area contributed by atoms with Crippen molar-refractivity contribution in [2.45, 2.75) is 51.7 Å². The van der Waals surface area contributed by atoms with Gasteiger partial charge in [-0.15, -0.1) is 0 Å². The molecular formula is C16H27NO5. The van der Waals surface area contributed by atoms with Crippen LogP contribution >= 0.6 is 0 Å². The van der Waals surface area contributed by atoms with Crippen molar-refractivity contribution in [1.29, 1.82) is 0 Å². The van der Waals surface area contributed by atoms with Gasteiger partial charge < -0.3 is 19.5 Å². The summed E-state index contributed by atoms with van der Waals surface area (Å²) >= 11 is 0. The molecule has 2 heterocycles. The molecule has 0 aromatic heterocycles. The van der Waals surface area contributed by atoms with Crippen LogP contribution in [0.2, 0.25) is 0 Å². The van der Waals surface area contributed by atoms with Gasteiger partial charge in [0, 0.05) is 19.7 Å². The van der Waals surface area contributed by atoms with E-state index >= 15 is 0 Å². The van der Waals surface area contributed by atoms with Gasteiger partial charge in [0.2, 0.25) is 0 Å². The molecule has 0 bridgehead atoms. The number of amides is 1. The van der Waals surface area contributed by atoms with E-state index in [4.69, 9.17) is 14.6 Å². The van der Waals surface area contributed by atoms with E-state index in [0.717, 1.165) is 25.9 Å². The molecule has 126 valence electrons. The Kier molecular flexibility index (Phi) is 6.20. The second-order valence-electron chi connectivity index (χ2n) is 6.46. The molecule has 1 amide bonds. The predicted molar refractivity (Wildman–Crippen MR) is 80.5 cm³/mol. The van der Waals surface area contributed by atoms with E-state index in [1.165, 1.54) is 0 Å². The molecule has 0 aromatic carbocycles. The molecule has 1 N–H and O–H groups in total. The van der Waals surface area contributed by atoms with E-state index in [2.05, 4.69) is 0 Å². The minimum Gasteiger partial charge on any atom is -0.481 e. The van der Waals surface area contributed by atoms with Crippen LogP contribution in [0.5, 0.6) is 0 Å². The first kappa shape index (κ1) is 17.2. The Balaban J connectivity index is 1.77. The third-order valence-electron chi connectivity index (χ3n) is 4.69. The van der Waals surface area contributed by atoms with Gasteiger partial charge in [-0.1, -0.05) is 6.92 Å². The van der Waals surface area contributed by atoms with E-state index < -0.39 is 12.1 Å². The number of nitrogens with zero attached hydrogens (tertiary/aromatic N) is 1. The molecule has 6 nitrogen and oxygen atoms in total. The lowest BCUT2D eigenvalue weighted by molar-refractivity contribution is -0.154. The van der Waals surface area contributed by atoms with Crippen molar-refractivity contribution < 1.29 is 24.2 Å². The van der Waals surface area contributed by atoms with Crippen molar-refractivity contribution in [1.82, 2.24) is 4.90 Å². The smallest absolute Gasteiger partial charge is 0.306 e. The number of likely N-dealkylation sites (tertiary alicyclic amines) is 1. The van der Waals surface area contributed by atoms with Crippen LogP contribution in [0, 0.1) is 11.8 Å². The summed E-state index contributed by atoms with van der Waals surface area (Å²) in [6.07, 6.45) is 3.35. The molecule has 6 heteroatoms. The van der Waals surface area contributed by atoms with Gasteiger partial charge in [-0.2, -0.15) is 0 Å². The van der Waals surface area contributed by atoms with Crippen LogP contribution in [0.3, 0.4) is 0 Å². The Bertz CT molecular complexity index is 394. The fourth-order valence-electron chi connectivity index (χ4n) is 3.23. The summed E-state index contributed by atoms with van der Waals surface area (Å²) in [5.41, 5.74) is 0. The second kappa shape index (κ2) is 7.92. The number of piperidine rings is 1. The quantitative estimate of drug-likeness (QED) is 0.833. The van der Waals surface area contributed by atoms with E-state index in [1.807, 2.05) is 6.92 Å². The van der Waals surface area contributed by atoms with Crippen molar-refractivity contribution in [2.24, 2.45) is 11.8 Å². The largest absolute Gasteiger partial charge is 0.481 e. The maximum absolute atomic E-state index is 12.4. The standard InChI is InChI=1S/C16H27NO5/c1-11-9-17(7-6-14(11)16(19)20)15(18)12(2)22-10-13-5-3-4-8-21-13/h11-14H,3-10H2,1-2H3,(H,19,20). The highest BCUT2D eigenvalue weighted by molar-refractivity contribution is 5.81. The molecule has 2 aliphatic heterocycles. The number of aliphatic carboxylic acids is 1. The molecule has 22 heavy (non-hydrogen) atoms. The molecule has 4 unspecified atom stereocenters. The number of carbonyl (C=O) groups excluding carboxylic acids is 1. The third-order valence-corrected chi connectivity index (χ3v) is 4.69. The van der Waals surface area contributed by atoms with Gasteiger partial charge in [0.05, 0.1) is 18.6 Å². The number of rotatable bonds is 5. The highest BCUT2D eigenvalue weighted by Crippen LogP contribution is 2.24. The van der Waals surface area contributed by atoms with Gasteiger partial charge in [-0.25, -0.2) is 0 Å². The predicted octanol–water partition coefficient (Wildman–Crippen LogP) is 1.53. The van der Waals surface area contributed by atoms with Gasteiger partial charge >= 0.3 is 5.97 Å². The minimum atomic E-state index is -0.765. The molecule has 0 saturated carbocycles. The summed E-state index contributed by atoms with van der Waals surface area (Å²) < 4.78 is 11.3. The van der Waals surface area contributed by atoms with Gasteiger partial charge in [-0.3, -0.25) is 9.59 Å². The van der Waals surface area contributed by atoms with E-state index in [0.29, 0.717) is 26.1 Å². The zero-order valence-corrected chi connectivity index (χ0v) is 13.5. The number of hydrogen-bond donors (Lipinski definition) is 1. The van der Waals surface area contributed by atoms with E-state index in [-0.39, 0.29) is 23.8 Å². The summed E-state index contributed by atoms with van der Waals surface area (Å²) in [5, 5.41) is 9.13. The molecule has 2 saturated heterocycles. The third kappa shape index (κ3) is 4.43. The van der Waals surface area contributed by atoms with Crippen LogP contribution < -0.4 is 0 Å². The highest BCUT2D eigenvalue weighted by atomic mass is 16.5. The second-order valence-corrected chi connectivity index (χ2v) is 6.46. The summed E-state index contributed by atoms with van der Waals surface area (Å²) in [4.78, 5) is 25.2. The van der Waals surface area contributed by atoms with Crippen LogP contribution in [-0.2, 0) is 19.1 Å². The zero-order chi connectivity index (χ0) is 16.1. The lowest BCUT2D eigenvalue weighted by Crippen LogP contribution is -2.48. The molecule has 2 aliphatic rings. The monoisotopic (exact) mass is 313 g/mol. The number of carbonyl (C=O) groups is 2. The van der Waals surface area contributed by atoms with Crippen LogP contribution in [0.15, 0.2) is 0 Å². The molecule has 4 atom stereocenters. The Morgan fingerprint density at radius 3 is 2.73 bits per heavy atom. The minimum absolute atomic E-state index is 0.0240. The Labute approximate surface area is 131 Å². The summed E-state index contributed by atoms with van der Waals surface area (Å²) in [6, 6.07) is 0. The highest BCUT2D eigenvalue weighted by Gasteiger charge is 2.34. The van der Waals surface area contributed by atoms with Crippen molar-refractivity contribution in [3.05, 3.63) is 0 Å². The molecule has 2 rings (SSSR count). The first-order valence-corrected chi connectivity index (χ1v) is 8.24. The lowest BCUT2D eigenvalue weighted by Gasteiger charge is -2.36. The summed E-state index contributed by atoms with van der Waals surface area (Å²) in [7, 11) is 0. The Hall–Kier alpha value is -1.14. The van der Waals surface area contributed by atoms with Gasteiger partial charge in [0.1, 0.15) is 6.10 Å². The van der Waals surface area contributed by atoms with E-state index in [1.54, 1.807) is 11.8 Å². The molecule has 2 fully saturated rings. The van der Waals surface area contributed by atoms with Crippen molar-refractivity contribution >= 4 is 11.9 Å². The molecular weight excluding hydrogens is 286 g/mol. The fourth-order valence-corrected chi connectivity index (χ4v) is 3.23. The van der Waals surface area contributed by atoms with Crippen molar-refractivity contribution in [3.8, 4) is 0 Å². The molecule has 0 aliphatic carbocycles.